The quantitative estimate of drug-likeness (QED) is 0.766. The van der Waals surface area contributed by atoms with Crippen molar-refractivity contribution in [2.24, 2.45) is 11.8 Å². The van der Waals surface area contributed by atoms with Gasteiger partial charge in [-0.2, -0.15) is 0 Å². The van der Waals surface area contributed by atoms with E-state index in [0.29, 0.717) is 12.8 Å². The minimum Gasteiger partial charge on any atom is -0.393 e. The average Bonchev–Trinajstić information content (AvgIpc) is 3.17. The predicted molar refractivity (Wildman–Crippen MR) is 118 cm³/mol. The van der Waals surface area contributed by atoms with Crippen LogP contribution in [0.2, 0.25) is 0 Å². The van der Waals surface area contributed by atoms with Gasteiger partial charge in [0.1, 0.15) is 5.72 Å². The molecule has 0 unspecified atom stereocenters. The van der Waals surface area contributed by atoms with Gasteiger partial charge < -0.3 is 14.7 Å². The molecular formula is C26H33NO3. The molecule has 0 saturated carbocycles. The van der Waals surface area contributed by atoms with Crippen LogP contribution in [0.3, 0.4) is 0 Å². The van der Waals surface area contributed by atoms with Crippen LogP contribution in [-0.4, -0.2) is 33.8 Å². The molecule has 0 aromatic heterocycles. The molecule has 1 aliphatic carbocycles. The largest absolute Gasteiger partial charge is 0.393 e. The van der Waals surface area contributed by atoms with Crippen LogP contribution in [0, 0.1) is 11.8 Å². The number of aliphatic hydroxyl groups is 1. The van der Waals surface area contributed by atoms with Crippen LogP contribution < -0.4 is 0 Å². The Kier molecular flexibility index (Phi) is 5.73. The second-order valence-electron chi connectivity index (χ2n) is 9.59. The number of ether oxygens (including phenoxy) is 1. The van der Waals surface area contributed by atoms with Crippen LogP contribution in [-0.2, 0) is 22.4 Å². The Morgan fingerprint density at radius 1 is 1.13 bits per heavy atom. The SMILES string of the molecule is CC(C)[C@H](O)C[C@H](Cc1ccccc1)C(=O)N1[C@H]2c3ccccc3C[C@H]2OC1(C)C. The summed E-state index contributed by atoms with van der Waals surface area (Å²) in [4.78, 5) is 16.0. The highest BCUT2D eigenvalue weighted by atomic mass is 16.5. The number of carbonyl (C=O) groups is 1. The summed E-state index contributed by atoms with van der Waals surface area (Å²) >= 11 is 0. The van der Waals surface area contributed by atoms with Crippen LogP contribution in [0.25, 0.3) is 0 Å². The van der Waals surface area contributed by atoms with Gasteiger partial charge in [-0.1, -0.05) is 68.4 Å². The summed E-state index contributed by atoms with van der Waals surface area (Å²) in [5.41, 5.74) is 2.91. The molecule has 160 valence electrons. The number of aliphatic hydroxyl groups excluding tert-OH is 1. The average molecular weight is 408 g/mol. The first-order valence-electron chi connectivity index (χ1n) is 11.1. The molecule has 4 atom stereocenters. The second-order valence-corrected chi connectivity index (χ2v) is 9.59. The topological polar surface area (TPSA) is 49.8 Å². The van der Waals surface area contributed by atoms with E-state index in [1.165, 1.54) is 11.1 Å². The first-order chi connectivity index (χ1) is 14.3. The maximum absolute atomic E-state index is 14.0. The standard InChI is InChI=1S/C26H33NO3/c1-17(2)22(28)15-20(14-18-10-6-5-7-11-18)25(29)27-24-21-13-9-8-12-19(21)16-23(24)30-26(27,3)4/h5-13,17,20,22-24,28H,14-16H2,1-4H3/t20-,22+,23+,24-/m0/s1. The van der Waals surface area contributed by atoms with Crippen molar-refractivity contribution >= 4 is 5.91 Å². The van der Waals surface area contributed by atoms with E-state index < -0.39 is 11.8 Å². The molecule has 0 spiro atoms. The Labute approximate surface area is 179 Å². The maximum Gasteiger partial charge on any atom is 0.228 e. The number of fused-ring (bicyclic) bond motifs is 3. The number of hydrogen-bond acceptors (Lipinski definition) is 3. The van der Waals surface area contributed by atoms with Crippen molar-refractivity contribution in [1.82, 2.24) is 4.90 Å². The van der Waals surface area contributed by atoms with Gasteiger partial charge in [0.05, 0.1) is 18.2 Å². The Morgan fingerprint density at radius 3 is 2.50 bits per heavy atom. The number of hydrogen-bond donors (Lipinski definition) is 1. The summed E-state index contributed by atoms with van der Waals surface area (Å²) in [6.07, 6.45) is 1.40. The maximum atomic E-state index is 14.0. The molecule has 1 amide bonds. The number of benzene rings is 2. The fraction of sp³-hybridized carbons (Fsp3) is 0.500. The van der Waals surface area contributed by atoms with E-state index in [1.54, 1.807) is 0 Å². The normalized spacial score (nSPS) is 23.9. The lowest BCUT2D eigenvalue weighted by atomic mass is 9.88. The second kappa shape index (κ2) is 8.16. The molecule has 0 bridgehead atoms. The first kappa shape index (κ1) is 21.1. The van der Waals surface area contributed by atoms with E-state index >= 15 is 0 Å². The molecule has 0 radical (unpaired) electrons. The van der Waals surface area contributed by atoms with Crippen molar-refractivity contribution in [3.8, 4) is 0 Å². The third-order valence-electron chi connectivity index (χ3n) is 6.65. The van der Waals surface area contributed by atoms with Gasteiger partial charge in [-0.15, -0.1) is 0 Å². The summed E-state index contributed by atoms with van der Waals surface area (Å²) in [6.45, 7) is 7.98. The third-order valence-corrected chi connectivity index (χ3v) is 6.65. The summed E-state index contributed by atoms with van der Waals surface area (Å²) in [6, 6.07) is 18.4. The lowest BCUT2D eigenvalue weighted by Gasteiger charge is -2.37. The van der Waals surface area contributed by atoms with E-state index in [9.17, 15) is 9.90 Å². The molecule has 1 N–H and O–H groups in total. The summed E-state index contributed by atoms with van der Waals surface area (Å²) in [7, 11) is 0. The Balaban J connectivity index is 1.66. The first-order valence-corrected chi connectivity index (χ1v) is 11.1. The van der Waals surface area contributed by atoms with Crippen molar-refractivity contribution in [3.63, 3.8) is 0 Å². The molecule has 1 aliphatic heterocycles. The highest BCUT2D eigenvalue weighted by Gasteiger charge is 2.54. The Morgan fingerprint density at radius 2 is 1.80 bits per heavy atom. The Hall–Kier alpha value is -2.17. The fourth-order valence-electron chi connectivity index (χ4n) is 5.04. The molecule has 1 fully saturated rings. The molecule has 30 heavy (non-hydrogen) atoms. The van der Waals surface area contributed by atoms with Crippen LogP contribution in [0.5, 0.6) is 0 Å². The highest BCUT2D eigenvalue weighted by Crippen LogP contribution is 2.49. The molecule has 2 aromatic carbocycles. The zero-order valence-electron chi connectivity index (χ0n) is 18.4. The van der Waals surface area contributed by atoms with Crippen LogP contribution in [0.4, 0.5) is 0 Å². The zero-order chi connectivity index (χ0) is 21.5. The summed E-state index contributed by atoms with van der Waals surface area (Å²) in [5.74, 6) is -0.106. The van der Waals surface area contributed by atoms with E-state index in [1.807, 2.05) is 62.9 Å². The monoisotopic (exact) mass is 407 g/mol. The zero-order valence-corrected chi connectivity index (χ0v) is 18.4. The van der Waals surface area contributed by atoms with Crippen molar-refractivity contribution in [3.05, 3.63) is 71.3 Å². The van der Waals surface area contributed by atoms with Crippen molar-refractivity contribution < 1.29 is 14.6 Å². The fourth-order valence-corrected chi connectivity index (χ4v) is 5.04. The van der Waals surface area contributed by atoms with Gasteiger partial charge in [-0.3, -0.25) is 4.79 Å². The number of carbonyl (C=O) groups excluding carboxylic acids is 1. The number of nitrogens with zero attached hydrogens (tertiary/aromatic N) is 1. The molecule has 4 nitrogen and oxygen atoms in total. The lowest BCUT2D eigenvalue weighted by molar-refractivity contribution is -0.153. The lowest BCUT2D eigenvalue weighted by Crippen LogP contribution is -2.48. The number of rotatable bonds is 6. The molecule has 2 aromatic rings. The Bertz CT molecular complexity index is 892. The van der Waals surface area contributed by atoms with Gasteiger partial charge in [0, 0.05) is 12.3 Å². The van der Waals surface area contributed by atoms with E-state index in [2.05, 4.69) is 24.3 Å². The van der Waals surface area contributed by atoms with Crippen LogP contribution in [0.1, 0.15) is 56.8 Å². The van der Waals surface area contributed by atoms with Crippen molar-refractivity contribution in [1.29, 1.82) is 0 Å². The minimum atomic E-state index is -0.669. The molecule has 4 heteroatoms. The van der Waals surface area contributed by atoms with Gasteiger partial charge in [0.2, 0.25) is 5.91 Å². The molecule has 2 aliphatic rings. The van der Waals surface area contributed by atoms with Crippen molar-refractivity contribution in [2.75, 3.05) is 0 Å². The van der Waals surface area contributed by atoms with Crippen LogP contribution in [0.15, 0.2) is 54.6 Å². The number of amides is 1. The smallest absolute Gasteiger partial charge is 0.228 e. The van der Waals surface area contributed by atoms with Gasteiger partial charge >= 0.3 is 0 Å². The van der Waals surface area contributed by atoms with E-state index in [4.69, 9.17) is 4.74 Å². The van der Waals surface area contributed by atoms with Crippen molar-refractivity contribution in [2.45, 2.75) is 70.9 Å². The predicted octanol–water partition coefficient (Wildman–Crippen LogP) is 4.51. The molecular weight excluding hydrogens is 374 g/mol. The highest BCUT2D eigenvalue weighted by molar-refractivity contribution is 5.81. The molecule has 1 heterocycles. The minimum absolute atomic E-state index is 0.00579. The van der Waals surface area contributed by atoms with E-state index in [-0.39, 0.29) is 29.9 Å². The molecule has 1 saturated heterocycles. The van der Waals surface area contributed by atoms with Gasteiger partial charge in [-0.25, -0.2) is 0 Å². The summed E-state index contributed by atoms with van der Waals surface area (Å²) < 4.78 is 6.38. The van der Waals surface area contributed by atoms with Gasteiger partial charge in [-0.05, 0) is 49.3 Å². The van der Waals surface area contributed by atoms with Crippen LogP contribution >= 0.6 is 0 Å². The molecule has 4 rings (SSSR count). The van der Waals surface area contributed by atoms with Gasteiger partial charge in [0.15, 0.2) is 0 Å². The summed E-state index contributed by atoms with van der Waals surface area (Å²) in [5, 5.41) is 10.6. The third kappa shape index (κ3) is 3.91. The van der Waals surface area contributed by atoms with Gasteiger partial charge in [0.25, 0.3) is 0 Å². The van der Waals surface area contributed by atoms with E-state index in [0.717, 1.165) is 12.0 Å².